The van der Waals surface area contributed by atoms with E-state index in [4.69, 9.17) is 5.11 Å². The van der Waals surface area contributed by atoms with E-state index >= 15 is 0 Å². The second-order valence-corrected chi connectivity index (χ2v) is 6.60. The Morgan fingerprint density at radius 3 is 2.84 bits per heavy atom. The molecule has 2 saturated heterocycles. The fourth-order valence-corrected chi connectivity index (χ4v) is 3.95. The van der Waals surface area contributed by atoms with Crippen molar-refractivity contribution >= 4 is 23.8 Å². The van der Waals surface area contributed by atoms with Crippen LogP contribution in [0.2, 0.25) is 0 Å². The van der Waals surface area contributed by atoms with Crippen molar-refractivity contribution < 1.29 is 14.7 Å². The lowest BCUT2D eigenvalue weighted by atomic mass is 10.0. The van der Waals surface area contributed by atoms with Crippen molar-refractivity contribution in [3.63, 3.8) is 0 Å². The van der Waals surface area contributed by atoms with Gasteiger partial charge in [0.05, 0.1) is 0 Å². The van der Waals surface area contributed by atoms with Crippen LogP contribution < -0.4 is 5.32 Å². The number of hydrogen-bond donors (Lipinski definition) is 2. The molecular weight excluding hydrogens is 264 g/mol. The summed E-state index contributed by atoms with van der Waals surface area (Å²) < 4.78 is 0. The molecule has 19 heavy (non-hydrogen) atoms. The molecule has 2 aliphatic rings. The fourth-order valence-electron chi connectivity index (χ4n) is 2.67. The van der Waals surface area contributed by atoms with Gasteiger partial charge in [0.25, 0.3) is 0 Å². The third-order valence-electron chi connectivity index (χ3n) is 3.91. The van der Waals surface area contributed by atoms with Gasteiger partial charge in [-0.3, -0.25) is 4.79 Å². The number of likely N-dealkylation sites (tertiary alicyclic amines) is 1. The highest BCUT2D eigenvalue weighted by Gasteiger charge is 2.27. The van der Waals surface area contributed by atoms with Crippen LogP contribution in [-0.2, 0) is 4.79 Å². The summed E-state index contributed by atoms with van der Waals surface area (Å²) >= 11 is 1.96. The van der Waals surface area contributed by atoms with E-state index in [9.17, 15) is 9.59 Å². The summed E-state index contributed by atoms with van der Waals surface area (Å²) in [5.74, 6) is 2.59. The molecule has 0 spiro atoms. The van der Waals surface area contributed by atoms with E-state index in [2.05, 4.69) is 5.32 Å². The van der Waals surface area contributed by atoms with Gasteiger partial charge in [-0.1, -0.05) is 0 Å². The molecule has 2 amide bonds. The summed E-state index contributed by atoms with van der Waals surface area (Å²) in [6.45, 7) is 2.25. The summed E-state index contributed by atoms with van der Waals surface area (Å²) in [7, 11) is 0. The van der Waals surface area contributed by atoms with Gasteiger partial charge in [0, 0.05) is 26.1 Å². The van der Waals surface area contributed by atoms with Crippen LogP contribution in [0.4, 0.5) is 4.79 Å². The summed E-state index contributed by atoms with van der Waals surface area (Å²) in [4.78, 5) is 24.3. The van der Waals surface area contributed by atoms with Crippen LogP contribution in [0, 0.1) is 11.8 Å². The zero-order chi connectivity index (χ0) is 13.7. The molecule has 108 valence electrons. The van der Waals surface area contributed by atoms with E-state index in [1.807, 2.05) is 16.7 Å². The van der Waals surface area contributed by atoms with Crippen LogP contribution in [-0.4, -0.2) is 53.1 Å². The summed E-state index contributed by atoms with van der Waals surface area (Å²) in [5, 5.41) is 11.7. The van der Waals surface area contributed by atoms with Crippen molar-refractivity contribution in [1.82, 2.24) is 10.2 Å². The van der Waals surface area contributed by atoms with E-state index in [1.54, 1.807) is 0 Å². The molecule has 6 heteroatoms. The number of urea groups is 1. The topological polar surface area (TPSA) is 69.6 Å². The number of rotatable bonds is 5. The number of carbonyl (C=O) groups excluding carboxylic acids is 1. The molecule has 0 aromatic carbocycles. The summed E-state index contributed by atoms with van der Waals surface area (Å²) in [6, 6.07) is 0.0229. The molecule has 2 rings (SSSR count). The minimum absolute atomic E-state index is 0.0229. The molecule has 2 N–H and O–H groups in total. The first-order valence-corrected chi connectivity index (χ1v) is 8.13. The Morgan fingerprint density at radius 1 is 1.32 bits per heavy atom. The minimum Gasteiger partial charge on any atom is -0.481 e. The van der Waals surface area contributed by atoms with Gasteiger partial charge in [-0.15, -0.1) is 0 Å². The third kappa shape index (κ3) is 4.60. The van der Waals surface area contributed by atoms with Crippen molar-refractivity contribution in [2.24, 2.45) is 11.8 Å². The smallest absolute Gasteiger partial charge is 0.317 e. The quantitative estimate of drug-likeness (QED) is 0.806. The van der Waals surface area contributed by atoms with Crippen molar-refractivity contribution in [2.75, 3.05) is 31.1 Å². The number of amides is 2. The zero-order valence-electron chi connectivity index (χ0n) is 11.1. The monoisotopic (exact) mass is 286 g/mol. The van der Waals surface area contributed by atoms with Gasteiger partial charge in [0.1, 0.15) is 0 Å². The van der Waals surface area contributed by atoms with Gasteiger partial charge < -0.3 is 15.3 Å². The molecule has 0 radical (unpaired) electrons. The lowest BCUT2D eigenvalue weighted by Gasteiger charge is -2.18. The average Bonchev–Trinajstić information content (AvgIpc) is 3.04. The van der Waals surface area contributed by atoms with Crippen LogP contribution in [0.25, 0.3) is 0 Å². The molecular formula is C13H22N2O3S. The Balaban J connectivity index is 1.64. The van der Waals surface area contributed by atoms with Crippen LogP contribution in [0.15, 0.2) is 0 Å². The summed E-state index contributed by atoms with van der Waals surface area (Å²) in [5.41, 5.74) is 0. The first-order valence-electron chi connectivity index (χ1n) is 6.97. The fraction of sp³-hybridized carbons (Fsp3) is 0.846. The highest BCUT2D eigenvalue weighted by molar-refractivity contribution is 7.99. The molecule has 0 aromatic heterocycles. The predicted octanol–water partition coefficient (Wildman–Crippen LogP) is 1.64. The Hall–Kier alpha value is -0.910. The Bertz CT molecular complexity index is 332. The molecule has 2 unspecified atom stereocenters. The molecule has 2 aliphatic heterocycles. The van der Waals surface area contributed by atoms with Gasteiger partial charge in [-0.2, -0.15) is 11.8 Å². The predicted molar refractivity (Wildman–Crippen MR) is 75.4 cm³/mol. The molecule has 0 bridgehead atoms. The molecule has 0 aliphatic carbocycles. The van der Waals surface area contributed by atoms with Crippen molar-refractivity contribution in [3.05, 3.63) is 0 Å². The van der Waals surface area contributed by atoms with Crippen LogP contribution in [0.3, 0.4) is 0 Å². The summed E-state index contributed by atoms with van der Waals surface area (Å²) in [6.07, 6.45) is 3.02. The number of nitrogens with zero attached hydrogens (tertiary/aromatic N) is 1. The third-order valence-corrected chi connectivity index (χ3v) is 5.14. The van der Waals surface area contributed by atoms with Crippen LogP contribution >= 0.6 is 11.8 Å². The van der Waals surface area contributed by atoms with Crippen molar-refractivity contribution in [3.8, 4) is 0 Å². The number of carboxylic acids is 1. The number of thioether (sulfide) groups is 1. The van der Waals surface area contributed by atoms with E-state index in [0.29, 0.717) is 24.8 Å². The normalized spacial score (nSPS) is 26.6. The van der Waals surface area contributed by atoms with Gasteiger partial charge in [0.15, 0.2) is 0 Å². The van der Waals surface area contributed by atoms with Crippen LogP contribution in [0.1, 0.15) is 25.7 Å². The first kappa shape index (κ1) is 14.5. The largest absolute Gasteiger partial charge is 0.481 e. The highest BCUT2D eigenvalue weighted by atomic mass is 32.2. The standard InChI is InChI=1S/C13H22N2O3S/c16-12(17)2-1-10-3-5-15(8-10)13(18)14-7-11-4-6-19-9-11/h10-11H,1-9H2,(H,14,18)(H,16,17). The number of carbonyl (C=O) groups is 2. The molecule has 0 saturated carbocycles. The van der Waals surface area contributed by atoms with E-state index < -0.39 is 5.97 Å². The second kappa shape index (κ2) is 7.03. The van der Waals surface area contributed by atoms with Gasteiger partial charge in [0.2, 0.25) is 0 Å². The molecule has 5 nitrogen and oxygen atoms in total. The van der Waals surface area contributed by atoms with Gasteiger partial charge in [-0.05, 0) is 42.6 Å². The van der Waals surface area contributed by atoms with Crippen molar-refractivity contribution in [2.45, 2.75) is 25.7 Å². The number of hydrogen-bond acceptors (Lipinski definition) is 3. The number of nitrogens with one attached hydrogen (secondary N) is 1. The second-order valence-electron chi connectivity index (χ2n) is 5.45. The maximum Gasteiger partial charge on any atom is 0.317 e. The highest BCUT2D eigenvalue weighted by Crippen LogP contribution is 2.23. The Morgan fingerprint density at radius 2 is 2.16 bits per heavy atom. The van der Waals surface area contributed by atoms with Crippen LogP contribution in [0.5, 0.6) is 0 Å². The van der Waals surface area contributed by atoms with E-state index in [0.717, 1.165) is 25.3 Å². The van der Waals surface area contributed by atoms with Crippen molar-refractivity contribution in [1.29, 1.82) is 0 Å². The zero-order valence-corrected chi connectivity index (χ0v) is 12.0. The lowest BCUT2D eigenvalue weighted by Crippen LogP contribution is -2.40. The molecule has 2 fully saturated rings. The molecule has 2 heterocycles. The SMILES string of the molecule is O=C(O)CCC1CCN(C(=O)NCC2CCSC2)C1. The minimum atomic E-state index is -0.748. The van der Waals surface area contributed by atoms with E-state index in [1.165, 1.54) is 12.2 Å². The average molecular weight is 286 g/mol. The van der Waals surface area contributed by atoms with E-state index in [-0.39, 0.29) is 12.5 Å². The number of aliphatic carboxylic acids is 1. The molecule has 2 atom stereocenters. The first-order chi connectivity index (χ1) is 9.15. The Labute approximate surface area is 118 Å². The molecule has 0 aromatic rings. The number of carboxylic acid groups (broad SMARTS) is 1. The van der Waals surface area contributed by atoms with Gasteiger partial charge in [-0.25, -0.2) is 4.79 Å². The maximum absolute atomic E-state index is 12.0. The lowest BCUT2D eigenvalue weighted by molar-refractivity contribution is -0.137. The Kier molecular flexibility index (Phi) is 5.36. The van der Waals surface area contributed by atoms with Gasteiger partial charge >= 0.3 is 12.0 Å². The maximum atomic E-state index is 12.0.